The van der Waals surface area contributed by atoms with Gasteiger partial charge >= 0.3 is 0 Å². The van der Waals surface area contributed by atoms with Crippen molar-refractivity contribution in [1.82, 2.24) is 14.7 Å². The molecule has 0 saturated carbocycles. The zero-order chi connectivity index (χ0) is 9.68. The summed E-state index contributed by atoms with van der Waals surface area (Å²) in [4.78, 5) is 2.18. The molecular formula is C9H17N3O. The van der Waals surface area contributed by atoms with Crippen LogP contribution >= 0.6 is 0 Å². The maximum Gasteiger partial charge on any atom is 0.0558 e. The molecular weight excluding hydrogens is 166 g/mol. The summed E-state index contributed by atoms with van der Waals surface area (Å²) >= 11 is 0. The summed E-state index contributed by atoms with van der Waals surface area (Å²) in [5.74, 6) is 0. The van der Waals surface area contributed by atoms with Crippen molar-refractivity contribution in [3.05, 3.63) is 18.0 Å². The number of hydrogen-bond acceptors (Lipinski definition) is 3. The van der Waals surface area contributed by atoms with E-state index < -0.39 is 0 Å². The first-order valence-electron chi connectivity index (χ1n) is 4.58. The second-order valence-corrected chi connectivity index (χ2v) is 3.04. The van der Waals surface area contributed by atoms with E-state index in [-0.39, 0.29) is 6.61 Å². The van der Waals surface area contributed by atoms with Gasteiger partial charge < -0.3 is 5.11 Å². The lowest BCUT2D eigenvalue weighted by molar-refractivity contribution is 0.194. The predicted molar refractivity (Wildman–Crippen MR) is 51.2 cm³/mol. The number of nitrogens with zero attached hydrogens (tertiary/aromatic N) is 3. The van der Waals surface area contributed by atoms with Crippen LogP contribution in [0, 0.1) is 0 Å². The topological polar surface area (TPSA) is 41.3 Å². The Morgan fingerprint density at radius 3 is 2.85 bits per heavy atom. The average molecular weight is 183 g/mol. The summed E-state index contributed by atoms with van der Waals surface area (Å²) in [5, 5.41) is 12.9. The molecule has 0 aromatic carbocycles. The van der Waals surface area contributed by atoms with Crippen LogP contribution in [0.2, 0.25) is 0 Å². The number of rotatable bonds is 5. The number of aliphatic hydroxyl groups excluding tert-OH is 1. The molecule has 0 spiro atoms. The number of likely N-dealkylation sites (N-methyl/N-ethyl adjacent to an activating group) is 1. The predicted octanol–water partition coefficient (Wildman–Crippen LogP) is 0.234. The van der Waals surface area contributed by atoms with Crippen molar-refractivity contribution in [3.8, 4) is 0 Å². The van der Waals surface area contributed by atoms with E-state index >= 15 is 0 Å². The number of hydrogen-bond donors (Lipinski definition) is 1. The summed E-state index contributed by atoms with van der Waals surface area (Å²) in [6.07, 6.45) is 1.79. The van der Waals surface area contributed by atoms with Gasteiger partial charge in [-0.05, 0) is 12.6 Å². The van der Waals surface area contributed by atoms with Crippen LogP contribution in [0.3, 0.4) is 0 Å². The van der Waals surface area contributed by atoms with Crippen molar-refractivity contribution < 1.29 is 5.11 Å². The maximum absolute atomic E-state index is 8.80. The molecule has 74 valence electrons. The summed E-state index contributed by atoms with van der Waals surface area (Å²) in [6, 6.07) is 2.00. The Morgan fingerprint density at radius 1 is 1.62 bits per heavy atom. The SMILES string of the molecule is CCN(CCO)Cc1ccnn1C. The molecule has 0 aliphatic carbocycles. The van der Waals surface area contributed by atoms with Gasteiger partial charge in [-0.3, -0.25) is 9.58 Å². The highest BCUT2D eigenvalue weighted by Gasteiger charge is 2.04. The fourth-order valence-corrected chi connectivity index (χ4v) is 1.28. The van der Waals surface area contributed by atoms with E-state index in [1.54, 1.807) is 6.20 Å². The van der Waals surface area contributed by atoms with Crippen molar-refractivity contribution in [1.29, 1.82) is 0 Å². The monoisotopic (exact) mass is 183 g/mol. The van der Waals surface area contributed by atoms with Crippen molar-refractivity contribution >= 4 is 0 Å². The molecule has 0 unspecified atom stereocenters. The summed E-state index contributed by atoms with van der Waals surface area (Å²) in [7, 11) is 1.93. The molecule has 4 heteroatoms. The number of aliphatic hydroxyl groups is 1. The third kappa shape index (κ3) is 2.82. The molecule has 0 fully saturated rings. The van der Waals surface area contributed by atoms with E-state index in [1.807, 2.05) is 17.8 Å². The minimum absolute atomic E-state index is 0.214. The van der Waals surface area contributed by atoms with Crippen molar-refractivity contribution in [2.24, 2.45) is 7.05 Å². The van der Waals surface area contributed by atoms with Crippen LogP contribution in [-0.4, -0.2) is 39.5 Å². The highest BCUT2D eigenvalue weighted by molar-refractivity contribution is 4.99. The first kappa shape index (κ1) is 10.2. The van der Waals surface area contributed by atoms with Crippen LogP contribution < -0.4 is 0 Å². The van der Waals surface area contributed by atoms with E-state index in [1.165, 1.54) is 5.69 Å². The van der Waals surface area contributed by atoms with Crippen LogP contribution in [0.5, 0.6) is 0 Å². The first-order chi connectivity index (χ1) is 6.27. The quantitative estimate of drug-likeness (QED) is 0.710. The lowest BCUT2D eigenvalue weighted by atomic mass is 10.3. The highest BCUT2D eigenvalue weighted by atomic mass is 16.3. The summed E-state index contributed by atoms with van der Waals surface area (Å²) in [5.41, 5.74) is 1.18. The lowest BCUT2D eigenvalue weighted by Crippen LogP contribution is -2.27. The zero-order valence-electron chi connectivity index (χ0n) is 8.27. The van der Waals surface area contributed by atoms with Gasteiger partial charge in [0.15, 0.2) is 0 Å². The largest absolute Gasteiger partial charge is 0.395 e. The van der Waals surface area contributed by atoms with Gasteiger partial charge in [0.1, 0.15) is 0 Å². The molecule has 0 atom stereocenters. The number of aromatic nitrogens is 2. The molecule has 0 aliphatic heterocycles. The average Bonchev–Trinajstić information content (AvgIpc) is 2.51. The van der Waals surface area contributed by atoms with Gasteiger partial charge in [0.25, 0.3) is 0 Å². The normalized spacial score (nSPS) is 11.1. The maximum atomic E-state index is 8.80. The Morgan fingerprint density at radius 2 is 2.38 bits per heavy atom. The molecule has 0 saturated heterocycles. The van der Waals surface area contributed by atoms with Crippen LogP contribution in [0.1, 0.15) is 12.6 Å². The third-order valence-corrected chi connectivity index (χ3v) is 2.17. The molecule has 0 radical (unpaired) electrons. The zero-order valence-corrected chi connectivity index (χ0v) is 8.27. The molecule has 1 rings (SSSR count). The van der Waals surface area contributed by atoms with E-state index in [9.17, 15) is 0 Å². The standard InChI is InChI=1S/C9H17N3O/c1-3-12(6-7-13)8-9-4-5-10-11(9)2/h4-5,13H,3,6-8H2,1-2H3. The fourth-order valence-electron chi connectivity index (χ4n) is 1.28. The van der Waals surface area contributed by atoms with E-state index in [0.717, 1.165) is 19.6 Å². The molecule has 1 aromatic heterocycles. The second kappa shape index (κ2) is 4.99. The highest BCUT2D eigenvalue weighted by Crippen LogP contribution is 2.01. The van der Waals surface area contributed by atoms with Crippen molar-refractivity contribution in [2.45, 2.75) is 13.5 Å². The van der Waals surface area contributed by atoms with Gasteiger partial charge in [-0.1, -0.05) is 6.92 Å². The third-order valence-electron chi connectivity index (χ3n) is 2.17. The summed E-state index contributed by atoms with van der Waals surface area (Å²) < 4.78 is 1.86. The fraction of sp³-hybridized carbons (Fsp3) is 0.667. The smallest absolute Gasteiger partial charge is 0.0558 e. The molecule has 13 heavy (non-hydrogen) atoms. The van der Waals surface area contributed by atoms with Gasteiger partial charge in [0.05, 0.1) is 12.3 Å². The van der Waals surface area contributed by atoms with Crippen LogP contribution in [0.4, 0.5) is 0 Å². The Hall–Kier alpha value is -0.870. The molecule has 0 amide bonds. The molecule has 1 heterocycles. The van der Waals surface area contributed by atoms with Crippen LogP contribution in [0.25, 0.3) is 0 Å². The second-order valence-electron chi connectivity index (χ2n) is 3.04. The first-order valence-corrected chi connectivity index (χ1v) is 4.58. The molecule has 0 bridgehead atoms. The molecule has 1 aromatic rings. The van der Waals surface area contributed by atoms with Gasteiger partial charge in [-0.25, -0.2) is 0 Å². The van der Waals surface area contributed by atoms with Gasteiger partial charge in [-0.2, -0.15) is 5.10 Å². The summed E-state index contributed by atoms with van der Waals surface area (Å²) in [6.45, 7) is 4.83. The molecule has 0 aliphatic rings. The Bertz CT molecular complexity index is 247. The van der Waals surface area contributed by atoms with Gasteiger partial charge in [-0.15, -0.1) is 0 Å². The van der Waals surface area contributed by atoms with Gasteiger partial charge in [0, 0.05) is 26.3 Å². The minimum Gasteiger partial charge on any atom is -0.395 e. The number of aryl methyl sites for hydroxylation is 1. The lowest BCUT2D eigenvalue weighted by Gasteiger charge is -2.18. The molecule has 4 nitrogen and oxygen atoms in total. The van der Waals surface area contributed by atoms with Crippen molar-refractivity contribution in [3.63, 3.8) is 0 Å². The van der Waals surface area contributed by atoms with E-state index in [2.05, 4.69) is 16.9 Å². The van der Waals surface area contributed by atoms with E-state index in [0.29, 0.717) is 0 Å². The minimum atomic E-state index is 0.214. The Labute approximate surface area is 78.8 Å². The van der Waals surface area contributed by atoms with Gasteiger partial charge in [0.2, 0.25) is 0 Å². The Balaban J connectivity index is 2.51. The van der Waals surface area contributed by atoms with E-state index in [4.69, 9.17) is 5.11 Å². The molecule has 1 N–H and O–H groups in total. The van der Waals surface area contributed by atoms with Crippen LogP contribution in [0.15, 0.2) is 12.3 Å². The van der Waals surface area contributed by atoms with Crippen molar-refractivity contribution in [2.75, 3.05) is 19.7 Å². The Kier molecular flexibility index (Phi) is 3.92. The van der Waals surface area contributed by atoms with Crippen LogP contribution in [-0.2, 0) is 13.6 Å².